The standard InChI is InChI=1S/C19H19N3O2S/c1-24-11-10-20-19(23)21-16-9-5-8-15(12-16)17-13-25-18(22-17)14-6-3-2-4-7-14/h2-9,12-13H,10-11H2,1H3,(H2,20,21,23). The second kappa shape index (κ2) is 8.41. The van der Waals surface area contributed by atoms with E-state index in [4.69, 9.17) is 9.72 Å². The third-order valence-corrected chi connectivity index (χ3v) is 4.42. The SMILES string of the molecule is COCCNC(=O)Nc1cccc(-c2csc(-c3ccccc3)n2)c1. The van der Waals surface area contributed by atoms with Crippen LogP contribution in [0.2, 0.25) is 0 Å². The lowest BCUT2D eigenvalue weighted by molar-refractivity contribution is 0.198. The van der Waals surface area contributed by atoms with Crippen molar-refractivity contribution in [2.45, 2.75) is 0 Å². The van der Waals surface area contributed by atoms with Crippen molar-refractivity contribution in [2.75, 3.05) is 25.6 Å². The molecule has 6 heteroatoms. The largest absolute Gasteiger partial charge is 0.383 e. The van der Waals surface area contributed by atoms with Crippen LogP contribution in [-0.4, -0.2) is 31.3 Å². The van der Waals surface area contributed by atoms with E-state index >= 15 is 0 Å². The van der Waals surface area contributed by atoms with Crippen LogP contribution < -0.4 is 10.6 Å². The molecule has 0 aliphatic heterocycles. The molecule has 1 aromatic heterocycles. The molecule has 2 aromatic carbocycles. The topological polar surface area (TPSA) is 63.2 Å². The fourth-order valence-corrected chi connectivity index (χ4v) is 3.15. The number of carbonyl (C=O) groups excluding carboxylic acids is 1. The first-order valence-corrected chi connectivity index (χ1v) is 8.79. The molecule has 1 heterocycles. The van der Waals surface area contributed by atoms with Gasteiger partial charge in [0.05, 0.1) is 12.3 Å². The predicted octanol–water partition coefficient (Wildman–Crippen LogP) is 4.25. The summed E-state index contributed by atoms with van der Waals surface area (Å²) in [5.74, 6) is 0. The minimum absolute atomic E-state index is 0.252. The van der Waals surface area contributed by atoms with Gasteiger partial charge in [-0.3, -0.25) is 0 Å². The van der Waals surface area contributed by atoms with Crippen molar-refractivity contribution < 1.29 is 9.53 Å². The van der Waals surface area contributed by atoms with Crippen molar-refractivity contribution in [3.8, 4) is 21.8 Å². The third-order valence-electron chi connectivity index (χ3n) is 3.53. The quantitative estimate of drug-likeness (QED) is 0.651. The molecule has 128 valence electrons. The zero-order chi connectivity index (χ0) is 17.5. The van der Waals surface area contributed by atoms with Gasteiger partial charge in [-0.1, -0.05) is 42.5 Å². The number of thiazole rings is 1. The van der Waals surface area contributed by atoms with Crippen LogP contribution in [0, 0.1) is 0 Å². The Hall–Kier alpha value is -2.70. The monoisotopic (exact) mass is 353 g/mol. The number of benzene rings is 2. The molecule has 0 bridgehead atoms. The summed E-state index contributed by atoms with van der Waals surface area (Å²) in [7, 11) is 1.60. The summed E-state index contributed by atoms with van der Waals surface area (Å²) < 4.78 is 4.91. The Morgan fingerprint density at radius 1 is 1.12 bits per heavy atom. The summed E-state index contributed by atoms with van der Waals surface area (Å²) in [5, 5.41) is 8.55. The van der Waals surface area contributed by atoms with Crippen LogP contribution >= 0.6 is 11.3 Å². The summed E-state index contributed by atoms with van der Waals surface area (Å²) in [5.41, 5.74) is 3.69. The second-order valence-corrected chi connectivity index (χ2v) is 6.22. The maximum Gasteiger partial charge on any atom is 0.319 e. The van der Waals surface area contributed by atoms with Gasteiger partial charge in [0, 0.05) is 35.8 Å². The van der Waals surface area contributed by atoms with E-state index in [1.165, 1.54) is 0 Å². The maximum absolute atomic E-state index is 11.8. The first-order valence-electron chi connectivity index (χ1n) is 7.91. The highest BCUT2D eigenvalue weighted by molar-refractivity contribution is 7.13. The van der Waals surface area contributed by atoms with Crippen LogP contribution in [-0.2, 0) is 4.74 Å². The molecule has 2 N–H and O–H groups in total. The highest BCUT2D eigenvalue weighted by Crippen LogP contribution is 2.29. The van der Waals surface area contributed by atoms with Gasteiger partial charge in [-0.25, -0.2) is 9.78 Å². The van der Waals surface area contributed by atoms with Gasteiger partial charge in [0.1, 0.15) is 5.01 Å². The molecular formula is C19H19N3O2S. The van der Waals surface area contributed by atoms with Gasteiger partial charge in [0.25, 0.3) is 0 Å². The van der Waals surface area contributed by atoms with Crippen molar-refractivity contribution in [3.05, 3.63) is 60.0 Å². The first-order chi connectivity index (χ1) is 12.3. The van der Waals surface area contributed by atoms with Crippen LogP contribution in [0.5, 0.6) is 0 Å². The van der Waals surface area contributed by atoms with Crippen molar-refractivity contribution >= 4 is 23.1 Å². The molecule has 0 aliphatic rings. The first kappa shape index (κ1) is 17.1. The number of carbonyl (C=O) groups is 1. The number of nitrogens with one attached hydrogen (secondary N) is 2. The van der Waals surface area contributed by atoms with Crippen LogP contribution in [0.4, 0.5) is 10.5 Å². The molecule has 0 saturated carbocycles. The zero-order valence-corrected chi connectivity index (χ0v) is 14.7. The summed E-state index contributed by atoms with van der Waals surface area (Å²) >= 11 is 1.61. The Labute approximate surface area is 150 Å². The summed E-state index contributed by atoms with van der Waals surface area (Å²) in [4.78, 5) is 16.5. The molecule has 3 rings (SSSR count). The highest BCUT2D eigenvalue weighted by Gasteiger charge is 2.08. The van der Waals surface area contributed by atoms with E-state index in [0.29, 0.717) is 13.2 Å². The van der Waals surface area contributed by atoms with E-state index in [-0.39, 0.29) is 6.03 Å². The van der Waals surface area contributed by atoms with E-state index in [1.54, 1.807) is 18.4 Å². The van der Waals surface area contributed by atoms with E-state index in [0.717, 1.165) is 27.5 Å². The van der Waals surface area contributed by atoms with Crippen molar-refractivity contribution in [1.82, 2.24) is 10.3 Å². The molecular weight excluding hydrogens is 334 g/mol. The lowest BCUT2D eigenvalue weighted by Crippen LogP contribution is -2.31. The number of hydrogen-bond acceptors (Lipinski definition) is 4. The Morgan fingerprint density at radius 3 is 2.72 bits per heavy atom. The third kappa shape index (κ3) is 4.65. The van der Waals surface area contributed by atoms with Gasteiger partial charge in [0.2, 0.25) is 0 Å². The van der Waals surface area contributed by atoms with Gasteiger partial charge in [0.15, 0.2) is 0 Å². The Bertz CT molecular complexity index is 833. The number of amides is 2. The van der Waals surface area contributed by atoms with Gasteiger partial charge in [-0.15, -0.1) is 11.3 Å². The minimum Gasteiger partial charge on any atom is -0.383 e. The van der Waals surface area contributed by atoms with Gasteiger partial charge >= 0.3 is 6.03 Å². The minimum atomic E-state index is -0.252. The molecule has 0 atom stereocenters. The van der Waals surface area contributed by atoms with Crippen molar-refractivity contribution in [2.24, 2.45) is 0 Å². The van der Waals surface area contributed by atoms with Crippen LogP contribution in [0.1, 0.15) is 0 Å². The highest BCUT2D eigenvalue weighted by atomic mass is 32.1. The zero-order valence-electron chi connectivity index (χ0n) is 13.9. The number of urea groups is 1. The molecule has 3 aromatic rings. The number of aromatic nitrogens is 1. The predicted molar refractivity (Wildman–Crippen MR) is 102 cm³/mol. The van der Waals surface area contributed by atoms with Gasteiger partial charge in [-0.2, -0.15) is 0 Å². The molecule has 0 spiro atoms. The average molecular weight is 353 g/mol. The number of anilines is 1. The summed E-state index contributed by atoms with van der Waals surface area (Å²) in [6.07, 6.45) is 0. The lowest BCUT2D eigenvalue weighted by atomic mass is 10.1. The van der Waals surface area contributed by atoms with E-state index in [2.05, 4.69) is 10.6 Å². The number of methoxy groups -OCH3 is 1. The molecule has 0 unspecified atom stereocenters. The second-order valence-electron chi connectivity index (χ2n) is 5.36. The Balaban J connectivity index is 1.71. The molecule has 25 heavy (non-hydrogen) atoms. The van der Waals surface area contributed by atoms with Crippen LogP contribution in [0.15, 0.2) is 60.0 Å². The number of rotatable bonds is 6. The van der Waals surface area contributed by atoms with Crippen molar-refractivity contribution in [1.29, 1.82) is 0 Å². The summed E-state index contributed by atoms with van der Waals surface area (Å²) in [6, 6.07) is 17.5. The van der Waals surface area contributed by atoms with Gasteiger partial charge < -0.3 is 15.4 Å². The number of nitrogens with zero attached hydrogens (tertiary/aromatic N) is 1. The lowest BCUT2D eigenvalue weighted by Gasteiger charge is -2.08. The summed E-state index contributed by atoms with van der Waals surface area (Å²) in [6.45, 7) is 0.948. The fourth-order valence-electron chi connectivity index (χ4n) is 2.32. The molecule has 0 fully saturated rings. The molecule has 5 nitrogen and oxygen atoms in total. The van der Waals surface area contributed by atoms with Gasteiger partial charge in [-0.05, 0) is 12.1 Å². The molecule has 2 amide bonds. The van der Waals surface area contributed by atoms with Crippen LogP contribution in [0.3, 0.4) is 0 Å². The maximum atomic E-state index is 11.8. The van der Waals surface area contributed by atoms with E-state index < -0.39 is 0 Å². The number of ether oxygens (including phenoxy) is 1. The Morgan fingerprint density at radius 2 is 1.92 bits per heavy atom. The molecule has 0 radical (unpaired) electrons. The molecule has 0 saturated heterocycles. The average Bonchev–Trinajstić information content (AvgIpc) is 3.13. The fraction of sp³-hybridized carbons (Fsp3) is 0.158. The molecule has 0 aliphatic carbocycles. The van der Waals surface area contributed by atoms with Crippen molar-refractivity contribution in [3.63, 3.8) is 0 Å². The normalized spacial score (nSPS) is 10.4. The Kier molecular flexibility index (Phi) is 5.77. The number of hydrogen-bond donors (Lipinski definition) is 2. The smallest absolute Gasteiger partial charge is 0.319 e. The van der Waals surface area contributed by atoms with E-state index in [1.807, 2.05) is 60.0 Å². The van der Waals surface area contributed by atoms with E-state index in [9.17, 15) is 4.79 Å². The van der Waals surface area contributed by atoms with Crippen LogP contribution in [0.25, 0.3) is 21.8 Å².